The average Bonchev–Trinajstić information content (AvgIpc) is 2.72. The van der Waals surface area contributed by atoms with E-state index in [-0.39, 0.29) is 5.92 Å². The van der Waals surface area contributed by atoms with Crippen LogP contribution < -0.4 is 0 Å². The van der Waals surface area contributed by atoms with E-state index in [9.17, 15) is 4.79 Å². The maximum atomic E-state index is 10.9. The second kappa shape index (κ2) is 5.68. The van der Waals surface area contributed by atoms with Crippen molar-refractivity contribution < 1.29 is 9.90 Å². The maximum Gasteiger partial charge on any atom is 0.306 e. The zero-order valence-corrected chi connectivity index (χ0v) is 10.2. The van der Waals surface area contributed by atoms with Crippen molar-refractivity contribution in [1.82, 2.24) is 9.78 Å². The predicted molar refractivity (Wildman–Crippen MR) is 62.3 cm³/mol. The smallest absolute Gasteiger partial charge is 0.306 e. The fourth-order valence-electron chi connectivity index (χ4n) is 1.58. The van der Waals surface area contributed by atoms with Gasteiger partial charge in [0.15, 0.2) is 0 Å². The van der Waals surface area contributed by atoms with Gasteiger partial charge < -0.3 is 5.11 Å². The number of aliphatic carboxylic acids is 1. The van der Waals surface area contributed by atoms with Crippen LogP contribution in [0.1, 0.15) is 45.3 Å². The van der Waals surface area contributed by atoms with Crippen LogP contribution in [0.5, 0.6) is 0 Å². The van der Waals surface area contributed by atoms with E-state index >= 15 is 0 Å². The molecule has 0 spiro atoms. The van der Waals surface area contributed by atoms with Gasteiger partial charge in [0.25, 0.3) is 0 Å². The van der Waals surface area contributed by atoms with Crippen LogP contribution in [0.25, 0.3) is 0 Å². The van der Waals surface area contributed by atoms with Gasteiger partial charge in [-0.15, -0.1) is 0 Å². The van der Waals surface area contributed by atoms with E-state index in [2.05, 4.69) is 18.9 Å². The molecule has 4 nitrogen and oxygen atoms in total. The third kappa shape index (κ3) is 3.08. The molecule has 0 saturated heterocycles. The van der Waals surface area contributed by atoms with Crippen LogP contribution >= 0.6 is 0 Å². The summed E-state index contributed by atoms with van der Waals surface area (Å²) in [6, 6.07) is 2.29. The topological polar surface area (TPSA) is 55.1 Å². The lowest BCUT2D eigenvalue weighted by Gasteiger charge is -2.09. The fraction of sp³-hybridized carbons (Fsp3) is 0.667. The Bertz CT molecular complexity index is 347. The van der Waals surface area contributed by atoms with Crippen molar-refractivity contribution in [2.75, 3.05) is 0 Å². The molecule has 16 heavy (non-hydrogen) atoms. The second-order valence-electron chi connectivity index (χ2n) is 4.19. The molecule has 4 heteroatoms. The minimum atomic E-state index is -0.736. The first-order valence-corrected chi connectivity index (χ1v) is 5.85. The number of rotatable bonds is 6. The number of hydrogen-bond donors (Lipinski definition) is 1. The largest absolute Gasteiger partial charge is 0.481 e. The Morgan fingerprint density at radius 3 is 2.69 bits per heavy atom. The van der Waals surface area contributed by atoms with Crippen molar-refractivity contribution in [2.45, 2.75) is 46.1 Å². The molecular weight excluding hydrogens is 204 g/mol. The zero-order valence-electron chi connectivity index (χ0n) is 10.2. The lowest BCUT2D eigenvalue weighted by atomic mass is 10.0. The van der Waals surface area contributed by atoms with Gasteiger partial charge in [-0.3, -0.25) is 9.48 Å². The molecule has 0 aromatic carbocycles. The van der Waals surface area contributed by atoms with E-state index in [0.717, 1.165) is 12.1 Å². The van der Waals surface area contributed by atoms with E-state index in [1.165, 1.54) is 0 Å². The van der Waals surface area contributed by atoms with Gasteiger partial charge in [0.05, 0.1) is 11.6 Å². The number of hydrogen-bond acceptors (Lipinski definition) is 2. The molecular formula is C12H20N2O2. The molecule has 0 saturated carbocycles. The SMILES string of the molecule is CCC(Cc1ccn(C(C)CC)n1)C(=O)O. The summed E-state index contributed by atoms with van der Waals surface area (Å²) in [7, 11) is 0. The van der Waals surface area contributed by atoms with Gasteiger partial charge in [-0.05, 0) is 25.8 Å². The van der Waals surface area contributed by atoms with Gasteiger partial charge >= 0.3 is 5.97 Å². The highest BCUT2D eigenvalue weighted by molar-refractivity contribution is 5.70. The molecule has 2 atom stereocenters. The summed E-state index contributed by atoms with van der Waals surface area (Å²) in [6.45, 7) is 6.11. The molecule has 90 valence electrons. The van der Waals surface area contributed by atoms with Gasteiger partial charge in [-0.25, -0.2) is 0 Å². The summed E-state index contributed by atoms with van der Waals surface area (Å²) in [6.07, 6.45) is 4.12. The molecule has 0 bridgehead atoms. The first-order chi connectivity index (χ1) is 7.58. The molecule has 1 heterocycles. The van der Waals surface area contributed by atoms with Crippen LogP contribution in [0.2, 0.25) is 0 Å². The van der Waals surface area contributed by atoms with Crippen molar-refractivity contribution in [1.29, 1.82) is 0 Å². The standard InChI is InChI=1S/C12H20N2O2/c1-4-9(3)14-7-6-11(13-14)8-10(5-2)12(15)16/h6-7,9-10H,4-5,8H2,1-3H3,(H,15,16). The Morgan fingerprint density at radius 2 is 2.19 bits per heavy atom. The Morgan fingerprint density at radius 1 is 1.50 bits per heavy atom. The Balaban J connectivity index is 2.67. The van der Waals surface area contributed by atoms with E-state index in [1.807, 2.05) is 23.9 Å². The third-order valence-electron chi connectivity index (χ3n) is 3.00. The molecule has 0 aliphatic carbocycles. The number of carboxylic acid groups (broad SMARTS) is 1. The van der Waals surface area contributed by atoms with Gasteiger partial charge in [-0.2, -0.15) is 5.10 Å². The number of aromatic nitrogens is 2. The molecule has 1 aromatic rings. The van der Waals surface area contributed by atoms with E-state index < -0.39 is 5.97 Å². The molecule has 0 fully saturated rings. The van der Waals surface area contributed by atoms with Crippen LogP contribution in [-0.4, -0.2) is 20.9 Å². The lowest BCUT2D eigenvalue weighted by Crippen LogP contribution is -2.16. The Labute approximate surface area is 96.3 Å². The molecule has 0 aliphatic rings. The van der Waals surface area contributed by atoms with Crippen molar-refractivity contribution >= 4 is 5.97 Å². The highest BCUT2D eigenvalue weighted by atomic mass is 16.4. The van der Waals surface area contributed by atoms with Gasteiger partial charge in [0.2, 0.25) is 0 Å². The van der Waals surface area contributed by atoms with E-state index in [1.54, 1.807) is 0 Å². The fourth-order valence-corrected chi connectivity index (χ4v) is 1.58. The zero-order chi connectivity index (χ0) is 12.1. The summed E-state index contributed by atoms with van der Waals surface area (Å²) >= 11 is 0. The second-order valence-corrected chi connectivity index (χ2v) is 4.19. The first-order valence-electron chi connectivity index (χ1n) is 5.85. The highest BCUT2D eigenvalue weighted by Gasteiger charge is 2.17. The summed E-state index contributed by atoms with van der Waals surface area (Å²) in [5.41, 5.74) is 0.870. The summed E-state index contributed by atoms with van der Waals surface area (Å²) in [5, 5.41) is 13.4. The molecule has 1 N–H and O–H groups in total. The maximum absolute atomic E-state index is 10.9. The van der Waals surface area contributed by atoms with Crippen LogP contribution in [0, 0.1) is 5.92 Å². The van der Waals surface area contributed by atoms with Crippen LogP contribution in [0.15, 0.2) is 12.3 Å². The van der Waals surface area contributed by atoms with Crippen molar-refractivity contribution in [3.05, 3.63) is 18.0 Å². The van der Waals surface area contributed by atoms with Crippen LogP contribution in [-0.2, 0) is 11.2 Å². The lowest BCUT2D eigenvalue weighted by molar-refractivity contribution is -0.141. The number of carbonyl (C=O) groups is 1. The van der Waals surface area contributed by atoms with Crippen molar-refractivity contribution in [2.24, 2.45) is 5.92 Å². The summed E-state index contributed by atoms with van der Waals surface area (Å²) < 4.78 is 1.91. The van der Waals surface area contributed by atoms with Crippen LogP contribution in [0.4, 0.5) is 0 Å². The van der Waals surface area contributed by atoms with E-state index in [4.69, 9.17) is 5.11 Å². The minimum Gasteiger partial charge on any atom is -0.481 e. The summed E-state index contributed by atoms with van der Waals surface area (Å²) in [4.78, 5) is 10.9. The quantitative estimate of drug-likeness (QED) is 0.807. The van der Waals surface area contributed by atoms with Gasteiger partial charge in [0, 0.05) is 18.7 Å². The molecule has 0 radical (unpaired) electrons. The average molecular weight is 224 g/mol. The molecule has 1 aromatic heterocycles. The Kier molecular flexibility index (Phi) is 4.52. The number of nitrogens with zero attached hydrogens (tertiary/aromatic N) is 2. The third-order valence-corrected chi connectivity index (χ3v) is 3.00. The minimum absolute atomic E-state index is 0.319. The van der Waals surface area contributed by atoms with Crippen LogP contribution in [0.3, 0.4) is 0 Å². The molecule has 0 aliphatic heterocycles. The van der Waals surface area contributed by atoms with Gasteiger partial charge in [-0.1, -0.05) is 13.8 Å². The predicted octanol–water partition coefficient (Wildman–Crippen LogP) is 2.51. The normalized spacial score (nSPS) is 14.7. The van der Waals surface area contributed by atoms with Gasteiger partial charge in [0.1, 0.15) is 0 Å². The molecule has 2 unspecified atom stereocenters. The Hall–Kier alpha value is -1.32. The number of carboxylic acids is 1. The highest BCUT2D eigenvalue weighted by Crippen LogP contribution is 2.14. The molecule has 1 rings (SSSR count). The van der Waals surface area contributed by atoms with E-state index in [0.29, 0.717) is 18.9 Å². The molecule has 0 amide bonds. The summed E-state index contributed by atoms with van der Waals surface area (Å²) in [5.74, 6) is -1.05. The monoisotopic (exact) mass is 224 g/mol. The van der Waals surface area contributed by atoms with Crippen molar-refractivity contribution in [3.63, 3.8) is 0 Å². The first kappa shape index (κ1) is 12.7. The van der Waals surface area contributed by atoms with Crippen molar-refractivity contribution in [3.8, 4) is 0 Å².